The van der Waals surface area contributed by atoms with Crippen LogP contribution in [0.2, 0.25) is 0 Å². The van der Waals surface area contributed by atoms with Crippen LogP contribution >= 0.6 is 0 Å². The van der Waals surface area contributed by atoms with Crippen molar-refractivity contribution >= 4 is 28.8 Å². The summed E-state index contributed by atoms with van der Waals surface area (Å²) in [6.07, 6.45) is 5.53. The second-order valence-electron chi connectivity index (χ2n) is 7.83. The number of nitrogens with one attached hydrogen (secondary N) is 2. The number of imidazole rings is 1. The van der Waals surface area contributed by atoms with Gasteiger partial charge in [-0.1, -0.05) is 24.3 Å². The first-order chi connectivity index (χ1) is 16.6. The van der Waals surface area contributed by atoms with Gasteiger partial charge in [0.05, 0.1) is 5.69 Å². The third-order valence-corrected chi connectivity index (χ3v) is 5.42. The summed E-state index contributed by atoms with van der Waals surface area (Å²) in [6.45, 7) is 2.03. The van der Waals surface area contributed by atoms with Gasteiger partial charge in [-0.2, -0.15) is 0 Å². The molecular formula is C27H21N5O2. The van der Waals surface area contributed by atoms with Crippen molar-refractivity contribution in [1.82, 2.24) is 14.4 Å². The summed E-state index contributed by atoms with van der Waals surface area (Å²) >= 11 is 0. The van der Waals surface area contributed by atoms with Crippen molar-refractivity contribution in [3.8, 4) is 11.3 Å². The molecule has 3 heterocycles. The van der Waals surface area contributed by atoms with Crippen LogP contribution in [0.5, 0.6) is 0 Å². The van der Waals surface area contributed by atoms with E-state index in [0.29, 0.717) is 22.6 Å². The van der Waals surface area contributed by atoms with Crippen LogP contribution < -0.4 is 10.6 Å². The van der Waals surface area contributed by atoms with E-state index in [9.17, 15) is 9.59 Å². The minimum Gasteiger partial charge on any atom is -0.322 e. The van der Waals surface area contributed by atoms with Gasteiger partial charge in [0.25, 0.3) is 11.8 Å². The fourth-order valence-electron chi connectivity index (χ4n) is 3.62. The maximum Gasteiger partial charge on any atom is 0.274 e. The second kappa shape index (κ2) is 8.99. The predicted molar refractivity (Wildman–Crippen MR) is 132 cm³/mol. The molecule has 2 amide bonds. The molecule has 0 aliphatic heterocycles. The molecular weight excluding hydrogens is 426 g/mol. The van der Waals surface area contributed by atoms with Gasteiger partial charge in [0, 0.05) is 41.1 Å². The van der Waals surface area contributed by atoms with Gasteiger partial charge in [0.1, 0.15) is 11.3 Å². The lowest BCUT2D eigenvalue weighted by atomic mass is 10.1. The molecule has 0 aliphatic carbocycles. The predicted octanol–water partition coefficient (Wildman–Crippen LogP) is 5.21. The van der Waals surface area contributed by atoms with E-state index in [2.05, 4.69) is 15.6 Å². The van der Waals surface area contributed by atoms with Crippen molar-refractivity contribution < 1.29 is 9.59 Å². The highest BCUT2D eigenvalue weighted by atomic mass is 16.2. The molecule has 2 aromatic carbocycles. The first kappa shape index (κ1) is 21.1. The Hall–Kier alpha value is -4.78. The van der Waals surface area contributed by atoms with E-state index in [1.807, 2.05) is 60.1 Å². The Labute approximate surface area is 196 Å². The first-order valence-electron chi connectivity index (χ1n) is 10.8. The van der Waals surface area contributed by atoms with Gasteiger partial charge in [-0.3, -0.25) is 14.6 Å². The van der Waals surface area contributed by atoms with Crippen LogP contribution in [0.3, 0.4) is 0 Å². The normalized spacial score (nSPS) is 10.7. The number of anilines is 2. The summed E-state index contributed by atoms with van der Waals surface area (Å²) in [6, 6.07) is 23.4. The van der Waals surface area contributed by atoms with Gasteiger partial charge in [-0.15, -0.1) is 0 Å². The molecule has 0 saturated carbocycles. The number of fused-ring (bicyclic) bond motifs is 1. The number of aryl methyl sites for hydroxylation is 1. The number of carbonyl (C=O) groups is 2. The zero-order valence-corrected chi connectivity index (χ0v) is 18.4. The van der Waals surface area contributed by atoms with Crippen molar-refractivity contribution in [3.63, 3.8) is 0 Å². The van der Waals surface area contributed by atoms with E-state index in [-0.39, 0.29) is 11.8 Å². The Morgan fingerprint density at radius 3 is 2.18 bits per heavy atom. The van der Waals surface area contributed by atoms with Gasteiger partial charge in [-0.05, 0) is 67.1 Å². The first-order valence-corrected chi connectivity index (χ1v) is 10.8. The van der Waals surface area contributed by atoms with Crippen molar-refractivity contribution in [2.75, 3.05) is 10.6 Å². The third kappa shape index (κ3) is 4.40. The number of aromatic nitrogens is 3. The molecule has 3 aromatic heterocycles. The fraction of sp³-hybridized carbons (Fsp3) is 0.0370. The van der Waals surface area contributed by atoms with Crippen molar-refractivity contribution in [1.29, 1.82) is 0 Å². The Bertz CT molecular complexity index is 1470. The van der Waals surface area contributed by atoms with Gasteiger partial charge in [0.15, 0.2) is 0 Å². The molecule has 0 spiro atoms. The lowest BCUT2D eigenvalue weighted by Gasteiger charge is -2.08. The van der Waals surface area contributed by atoms with Crippen LogP contribution in [-0.4, -0.2) is 26.2 Å². The fourth-order valence-corrected chi connectivity index (χ4v) is 3.62. The van der Waals surface area contributed by atoms with Crippen molar-refractivity contribution in [3.05, 3.63) is 114 Å². The van der Waals surface area contributed by atoms with Crippen LogP contribution in [0.15, 0.2) is 97.5 Å². The lowest BCUT2D eigenvalue weighted by Crippen LogP contribution is -2.14. The van der Waals surface area contributed by atoms with Crippen LogP contribution in [0.1, 0.15) is 26.4 Å². The number of pyridine rings is 2. The Balaban J connectivity index is 1.24. The third-order valence-electron chi connectivity index (χ3n) is 5.42. The van der Waals surface area contributed by atoms with Gasteiger partial charge >= 0.3 is 0 Å². The van der Waals surface area contributed by atoms with Gasteiger partial charge in [-0.25, -0.2) is 4.98 Å². The standard InChI is InChI=1S/C27H21N5O2/c1-18-5-4-16-32-17-24(31-25(18)32)19-7-11-21(12-8-19)29-26(33)20-9-13-22(14-10-20)30-27(34)23-6-2-3-15-28-23/h2-17H,1H3,(H,29,33)(H,30,34). The van der Waals surface area contributed by atoms with E-state index in [0.717, 1.165) is 22.5 Å². The highest BCUT2D eigenvalue weighted by Gasteiger charge is 2.10. The number of amides is 2. The summed E-state index contributed by atoms with van der Waals surface area (Å²) < 4.78 is 2.00. The van der Waals surface area contributed by atoms with Crippen molar-refractivity contribution in [2.24, 2.45) is 0 Å². The maximum atomic E-state index is 12.7. The average Bonchev–Trinajstić information content (AvgIpc) is 3.31. The van der Waals surface area contributed by atoms with Crippen LogP contribution in [0, 0.1) is 6.92 Å². The molecule has 0 radical (unpaired) electrons. The highest BCUT2D eigenvalue weighted by molar-refractivity contribution is 6.05. The lowest BCUT2D eigenvalue weighted by molar-refractivity contribution is 0.101. The summed E-state index contributed by atoms with van der Waals surface area (Å²) in [4.78, 5) is 33.6. The second-order valence-corrected chi connectivity index (χ2v) is 7.83. The van der Waals surface area contributed by atoms with E-state index in [4.69, 9.17) is 4.98 Å². The number of nitrogens with zero attached hydrogens (tertiary/aromatic N) is 3. The molecule has 5 aromatic rings. The minimum atomic E-state index is -0.307. The Morgan fingerprint density at radius 2 is 1.50 bits per heavy atom. The Kier molecular flexibility index (Phi) is 5.58. The molecule has 34 heavy (non-hydrogen) atoms. The SMILES string of the molecule is Cc1cccn2cc(-c3ccc(NC(=O)c4ccc(NC(=O)c5ccccn5)cc4)cc3)nc12. The van der Waals surface area contributed by atoms with E-state index in [1.54, 1.807) is 48.7 Å². The molecule has 7 heteroatoms. The smallest absolute Gasteiger partial charge is 0.274 e. The molecule has 0 bridgehead atoms. The van der Waals surface area contributed by atoms with E-state index in [1.165, 1.54) is 0 Å². The number of hydrogen-bond acceptors (Lipinski definition) is 4. The number of hydrogen-bond donors (Lipinski definition) is 2. The largest absolute Gasteiger partial charge is 0.322 e. The quantitative estimate of drug-likeness (QED) is 0.387. The minimum absolute atomic E-state index is 0.237. The van der Waals surface area contributed by atoms with Crippen LogP contribution in [0.4, 0.5) is 11.4 Å². The van der Waals surface area contributed by atoms with E-state index < -0.39 is 0 Å². The number of rotatable bonds is 5. The van der Waals surface area contributed by atoms with E-state index >= 15 is 0 Å². The monoisotopic (exact) mass is 447 g/mol. The Morgan fingerprint density at radius 1 is 0.794 bits per heavy atom. The topological polar surface area (TPSA) is 88.4 Å². The van der Waals surface area contributed by atoms with Crippen molar-refractivity contribution in [2.45, 2.75) is 6.92 Å². The molecule has 0 atom stereocenters. The van der Waals surface area contributed by atoms with Gasteiger partial charge < -0.3 is 15.0 Å². The molecule has 0 aliphatic rings. The molecule has 0 fully saturated rings. The molecule has 0 saturated heterocycles. The number of benzene rings is 2. The van der Waals surface area contributed by atoms with Crippen LogP contribution in [0.25, 0.3) is 16.9 Å². The average molecular weight is 447 g/mol. The van der Waals surface area contributed by atoms with Crippen LogP contribution in [-0.2, 0) is 0 Å². The maximum absolute atomic E-state index is 12.7. The molecule has 5 rings (SSSR count). The highest BCUT2D eigenvalue weighted by Crippen LogP contribution is 2.23. The summed E-state index contributed by atoms with van der Waals surface area (Å²) in [5.74, 6) is -0.544. The summed E-state index contributed by atoms with van der Waals surface area (Å²) in [5.41, 5.74) is 5.95. The summed E-state index contributed by atoms with van der Waals surface area (Å²) in [5, 5.41) is 5.66. The number of carbonyl (C=O) groups excluding carboxylic acids is 2. The molecule has 0 unspecified atom stereocenters. The summed E-state index contributed by atoms with van der Waals surface area (Å²) in [7, 11) is 0. The molecule has 7 nitrogen and oxygen atoms in total. The zero-order valence-electron chi connectivity index (χ0n) is 18.4. The molecule has 166 valence electrons. The van der Waals surface area contributed by atoms with Gasteiger partial charge in [0.2, 0.25) is 0 Å². The zero-order chi connectivity index (χ0) is 23.5. The molecule has 2 N–H and O–H groups in total.